The Hall–Kier alpha value is -1.60. The third kappa shape index (κ3) is 1.54. The first kappa shape index (κ1) is 8.97. The van der Waals surface area contributed by atoms with Crippen molar-refractivity contribution in [3.05, 3.63) is 24.0 Å². The second-order valence-electron chi connectivity index (χ2n) is 3.47. The highest BCUT2D eigenvalue weighted by molar-refractivity contribution is 5.49. The van der Waals surface area contributed by atoms with Gasteiger partial charge in [0.1, 0.15) is 6.07 Å². The van der Waals surface area contributed by atoms with Crippen molar-refractivity contribution < 1.29 is 0 Å². The average molecular weight is 188 g/mol. The lowest BCUT2D eigenvalue weighted by molar-refractivity contribution is 0.428. The van der Waals surface area contributed by atoms with E-state index in [1.54, 1.807) is 12.4 Å². The van der Waals surface area contributed by atoms with Crippen LogP contribution in [0.2, 0.25) is 0 Å². The highest BCUT2D eigenvalue weighted by atomic mass is 15.2. The summed E-state index contributed by atoms with van der Waals surface area (Å²) in [6.07, 6.45) is 3.37. The summed E-state index contributed by atoms with van der Waals surface area (Å²) in [5, 5.41) is 11.9. The molecule has 0 aliphatic carbocycles. The normalized spacial score (nSPS) is 15.7. The van der Waals surface area contributed by atoms with Crippen molar-refractivity contribution in [1.29, 1.82) is 5.26 Å². The van der Waals surface area contributed by atoms with Crippen molar-refractivity contribution in [3.8, 4) is 6.07 Å². The zero-order chi connectivity index (χ0) is 9.97. The van der Waals surface area contributed by atoms with Crippen LogP contribution in [-0.2, 0) is 0 Å². The van der Waals surface area contributed by atoms with E-state index in [4.69, 9.17) is 5.26 Å². The summed E-state index contributed by atoms with van der Waals surface area (Å²) in [4.78, 5) is 6.19. The minimum Gasteiger partial charge on any atom is -0.368 e. The number of nitrogens with zero attached hydrogens (tertiary/aromatic N) is 3. The van der Waals surface area contributed by atoms with E-state index >= 15 is 0 Å². The highest BCUT2D eigenvalue weighted by Gasteiger charge is 2.21. The maximum atomic E-state index is 8.73. The Balaban J connectivity index is 2.18. The molecule has 0 amide bonds. The SMILES string of the molecule is CN(c1cncc(C#N)c1)C1CNC1. The molecule has 0 aromatic carbocycles. The fourth-order valence-electron chi connectivity index (χ4n) is 1.44. The van der Waals surface area contributed by atoms with Crippen LogP contribution in [0, 0.1) is 11.3 Å². The van der Waals surface area contributed by atoms with Crippen LogP contribution in [-0.4, -0.2) is 31.2 Å². The van der Waals surface area contributed by atoms with E-state index in [9.17, 15) is 0 Å². The molecule has 1 N–H and O–H groups in total. The molecule has 2 heterocycles. The van der Waals surface area contributed by atoms with Gasteiger partial charge in [0.2, 0.25) is 0 Å². The van der Waals surface area contributed by atoms with Crippen molar-refractivity contribution in [2.45, 2.75) is 6.04 Å². The van der Waals surface area contributed by atoms with E-state index in [0.717, 1.165) is 18.8 Å². The number of hydrogen-bond donors (Lipinski definition) is 1. The molecule has 4 nitrogen and oxygen atoms in total. The van der Waals surface area contributed by atoms with Gasteiger partial charge in [-0.25, -0.2) is 0 Å². The van der Waals surface area contributed by atoms with Crippen molar-refractivity contribution in [2.75, 3.05) is 25.0 Å². The number of aromatic nitrogens is 1. The smallest absolute Gasteiger partial charge is 0.101 e. The van der Waals surface area contributed by atoms with Crippen molar-refractivity contribution in [3.63, 3.8) is 0 Å². The van der Waals surface area contributed by atoms with Gasteiger partial charge in [0.05, 0.1) is 23.5 Å². The molecule has 0 saturated carbocycles. The highest BCUT2D eigenvalue weighted by Crippen LogP contribution is 2.16. The predicted octanol–water partition coefficient (Wildman–Crippen LogP) is 0.361. The summed E-state index contributed by atoms with van der Waals surface area (Å²) in [5.41, 5.74) is 1.62. The Kier molecular flexibility index (Phi) is 2.33. The molecule has 1 aromatic rings. The number of nitriles is 1. The molecule has 0 spiro atoms. The number of pyridine rings is 1. The van der Waals surface area contributed by atoms with Crippen molar-refractivity contribution in [1.82, 2.24) is 10.3 Å². The summed E-state index contributed by atoms with van der Waals surface area (Å²) in [5.74, 6) is 0. The van der Waals surface area contributed by atoms with E-state index < -0.39 is 0 Å². The third-order valence-corrected chi connectivity index (χ3v) is 2.57. The van der Waals surface area contributed by atoms with Gasteiger partial charge >= 0.3 is 0 Å². The Morgan fingerprint density at radius 2 is 2.36 bits per heavy atom. The average Bonchev–Trinajstić information content (AvgIpc) is 2.15. The standard InChI is InChI=1S/C10H12N4/c1-14(10-6-13-7-10)9-2-8(3-11)4-12-5-9/h2,4-5,10,13H,6-7H2,1H3. The van der Waals surface area contributed by atoms with Crippen LogP contribution >= 0.6 is 0 Å². The number of hydrogen-bond acceptors (Lipinski definition) is 4. The number of likely N-dealkylation sites (N-methyl/N-ethyl adjacent to an activating group) is 1. The second-order valence-corrected chi connectivity index (χ2v) is 3.47. The molecule has 0 bridgehead atoms. The molecule has 14 heavy (non-hydrogen) atoms. The molecule has 2 rings (SSSR count). The molecule has 1 aliphatic rings. The van der Waals surface area contributed by atoms with Gasteiger partial charge < -0.3 is 10.2 Å². The summed E-state index contributed by atoms with van der Waals surface area (Å²) < 4.78 is 0. The first-order valence-electron chi connectivity index (χ1n) is 4.60. The quantitative estimate of drug-likeness (QED) is 0.728. The van der Waals surface area contributed by atoms with Gasteiger partial charge in [-0.15, -0.1) is 0 Å². The molecule has 0 radical (unpaired) electrons. The van der Waals surface area contributed by atoms with Gasteiger partial charge in [-0.2, -0.15) is 5.26 Å². The van der Waals surface area contributed by atoms with E-state index in [1.807, 2.05) is 13.1 Å². The molecule has 1 saturated heterocycles. The predicted molar refractivity (Wildman–Crippen MR) is 54.0 cm³/mol. The number of rotatable bonds is 2. The molecule has 4 heteroatoms. The lowest BCUT2D eigenvalue weighted by Crippen LogP contribution is -2.56. The van der Waals surface area contributed by atoms with Gasteiger partial charge in [0.15, 0.2) is 0 Å². The van der Waals surface area contributed by atoms with Crippen molar-refractivity contribution >= 4 is 5.69 Å². The molecule has 1 fully saturated rings. The lowest BCUT2D eigenvalue weighted by Gasteiger charge is -2.36. The fraction of sp³-hybridized carbons (Fsp3) is 0.400. The Morgan fingerprint density at radius 3 is 2.93 bits per heavy atom. The van der Waals surface area contributed by atoms with Crippen molar-refractivity contribution in [2.24, 2.45) is 0 Å². The van der Waals surface area contributed by atoms with E-state index in [-0.39, 0.29) is 0 Å². The minimum absolute atomic E-state index is 0.533. The van der Waals surface area contributed by atoms with Gasteiger partial charge in [0.25, 0.3) is 0 Å². The maximum Gasteiger partial charge on any atom is 0.101 e. The zero-order valence-corrected chi connectivity index (χ0v) is 8.07. The Labute approximate surface area is 83.2 Å². The Bertz CT molecular complexity index is 365. The summed E-state index contributed by atoms with van der Waals surface area (Å²) in [6, 6.07) is 4.49. The molecule has 0 unspecified atom stereocenters. The van der Waals surface area contributed by atoms with Crippen LogP contribution in [0.3, 0.4) is 0 Å². The largest absolute Gasteiger partial charge is 0.368 e. The zero-order valence-electron chi connectivity index (χ0n) is 8.07. The molecule has 72 valence electrons. The first-order valence-corrected chi connectivity index (χ1v) is 4.60. The van der Waals surface area contributed by atoms with Gasteiger partial charge in [-0.1, -0.05) is 0 Å². The van der Waals surface area contributed by atoms with Gasteiger partial charge in [0, 0.05) is 26.3 Å². The molecular weight excluding hydrogens is 176 g/mol. The van der Waals surface area contributed by atoms with E-state index in [2.05, 4.69) is 21.3 Å². The van der Waals surface area contributed by atoms with Crippen LogP contribution in [0.25, 0.3) is 0 Å². The topological polar surface area (TPSA) is 52.0 Å². The lowest BCUT2D eigenvalue weighted by atomic mass is 10.1. The number of anilines is 1. The van der Waals surface area contributed by atoms with Crippen LogP contribution in [0.1, 0.15) is 5.56 Å². The summed E-state index contributed by atoms with van der Waals surface area (Å²) in [6.45, 7) is 2.01. The van der Waals surface area contributed by atoms with Crippen LogP contribution in [0.5, 0.6) is 0 Å². The monoisotopic (exact) mass is 188 g/mol. The number of nitrogens with one attached hydrogen (secondary N) is 1. The second kappa shape index (κ2) is 3.64. The van der Waals surface area contributed by atoms with Crippen LogP contribution in [0.15, 0.2) is 18.5 Å². The molecule has 1 aliphatic heterocycles. The molecule has 0 atom stereocenters. The fourth-order valence-corrected chi connectivity index (χ4v) is 1.44. The van der Waals surface area contributed by atoms with E-state index in [1.165, 1.54) is 0 Å². The molecule has 1 aromatic heterocycles. The summed E-state index contributed by atoms with van der Waals surface area (Å²) in [7, 11) is 2.03. The minimum atomic E-state index is 0.533. The summed E-state index contributed by atoms with van der Waals surface area (Å²) >= 11 is 0. The van der Waals surface area contributed by atoms with Gasteiger partial charge in [-0.3, -0.25) is 4.98 Å². The van der Waals surface area contributed by atoms with E-state index in [0.29, 0.717) is 11.6 Å². The maximum absolute atomic E-state index is 8.73. The third-order valence-electron chi connectivity index (χ3n) is 2.57. The van der Waals surface area contributed by atoms with Crippen LogP contribution in [0.4, 0.5) is 5.69 Å². The van der Waals surface area contributed by atoms with Gasteiger partial charge in [-0.05, 0) is 6.07 Å². The first-order chi connectivity index (χ1) is 6.81. The molecular formula is C10H12N4. The van der Waals surface area contributed by atoms with Crippen LogP contribution < -0.4 is 10.2 Å². The Morgan fingerprint density at radius 1 is 1.57 bits per heavy atom.